The van der Waals surface area contributed by atoms with Gasteiger partial charge in [0.25, 0.3) is 0 Å². The molecule has 0 aromatic carbocycles. The largest absolute Gasteiger partial charge is 0.379 e. The average molecular weight is 562 g/mol. The third-order valence-electron chi connectivity index (χ3n) is 7.36. The molecule has 1 saturated heterocycles. The first-order valence-electron chi connectivity index (χ1n) is 11.9. The molecule has 2 atom stereocenters. The molecule has 3 aliphatic rings. The molecule has 9 nitrogen and oxygen atoms in total. The molecule has 4 rings (SSSR count). The first-order chi connectivity index (χ1) is 15.1. The number of ether oxygens (including phenoxy) is 2. The van der Waals surface area contributed by atoms with Gasteiger partial charge in [-0.25, -0.2) is 4.99 Å². The Bertz CT molecular complexity index is 747. The topological polar surface area (TPSA) is 88.8 Å². The highest BCUT2D eigenvalue weighted by Gasteiger charge is 2.59. The lowest BCUT2D eigenvalue weighted by Crippen LogP contribution is -2.68. The Balaban J connectivity index is 0.00000289. The summed E-state index contributed by atoms with van der Waals surface area (Å²) < 4.78 is 13.5. The third-order valence-corrected chi connectivity index (χ3v) is 7.36. The molecule has 0 amide bonds. The zero-order chi connectivity index (χ0) is 21.7. The molecule has 1 spiro atoms. The van der Waals surface area contributed by atoms with Gasteiger partial charge in [-0.1, -0.05) is 6.42 Å². The van der Waals surface area contributed by atoms with Crippen molar-refractivity contribution in [1.29, 1.82) is 0 Å². The fraction of sp³-hybridized carbons (Fsp3) is 0.864. The molecule has 2 aliphatic carbocycles. The molecule has 1 aromatic rings. The Morgan fingerprint density at radius 1 is 1.28 bits per heavy atom. The van der Waals surface area contributed by atoms with Crippen molar-refractivity contribution in [2.75, 3.05) is 46.0 Å². The molecule has 2 saturated carbocycles. The van der Waals surface area contributed by atoms with Gasteiger partial charge in [0.15, 0.2) is 11.8 Å². The lowest BCUT2D eigenvalue weighted by atomic mass is 9.51. The standard InChI is InChI=1S/C22H39N7O2.HI/c1-4-31-19-15-18(22(19)7-5-8-22)25-21(24-16-20-27-26-17(2)28(20)3)23-9-6-10-29-11-13-30-14-12-29;/h18-19H,4-16H2,1-3H3,(H2,23,24,25);1H. The molecule has 1 aromatic heterocycles. The number of hydrogen-bond acceptors (Lipinski definition) is 6. The number of nitrogens with zero attached hydrogens (tertiary/aromatic N) is 5. The maximum Gasteiger partial charge on any atom is 0.191 e. The van der Waals surface area contributed by atoms with E-state index in [-0.39, 0.29) is 24.0 Å². The molecule has 2 N–H and O–H groups in total. The zero-order valence-corrected chi connectivity index (χ0v) is 22.1. The minimum atomic E-state index is 0. The number of morpholine rings is 1. The number of aryl methyl sites for hydroxylation is 1. The molecule has 3 fully saturated rings. The quantitative estimate of drug-likeness (QED) is 0.206. The number of hydrogen-bond donors (Lipinski definition) is 2. The monoisotopic (exact) mass is 561 g/mol. The van der Waals surface area contributed by atoms with Crippen LogP contribution in [0.4, 0.5) is 0 Å². The Labute approximate surface area is 209 Å². The van der Waals surface area contributed by atoms with Gasteiger partial charge in [0.1, 0.15) is 12.4 Å². The first kappa shape index (κ1) is 25.6. The van der Waals surface area contributed by atoms with Gasteiger partial charge in [-0.2, -0.15) is 0 Å². The third kappa shape index (κ3) is 5.74. The van der Waals surface area contributed by atoms with Crippen LogP contribution < -0.4 is 10.6 Å². The summed E-state index contributed by atoms with van der Waals surface area (Å²) in [4.78, 5) is 7.34. The number of nitrogens with one attached hydrogen (secondary N) is 2. The van der Waals surface area contributed by atoms with Gasteiger partial charge < -0.3 is 24.7 Å². The van der Waals surface area contributed by atoms with Crippen LogP contribution in [-0.4, -0.2) is 83.8 Å². The molecule has 2 unspecified atom stereocenters. The van der Waals surface area contributed by atoms with Gasteiger partial charge >= 0.3 is 0 Å². The number of aromatic nitrogens is 3. The molecule has 2 heterocycles. The van der Waals surface area contributed by atoms with Crippen LogP contribution in [0.15, 0.2) is 4.99 Å². The molecule has 182 valence electrons. The second-order valence-electron chi connectivity index (χ2n) is 9.08. The molecule has 0 bridgehead atoms. The van der Waals surface area contributed by atoms with E-state index in [0.717, 1.165) is 76.4 Å². The fourth-order valence-corrected chi connectivity index (χ4v) is 5.03. The summed E-state index contributed by atoms with van der Waals surface area (Å²) in [5, 5.41) is 15.7. The molecular formula is C22H40IN7O2. The van der Waals surface area contributed by atoms with Crippen molar-refractivity contribution in [3.05, 3.63) is 11.6 Å². The van der Waals surface area contributed by atoms with Gasteiger partial charge in [-0.3, -0.25) is 4.90 Å². The summed E-state index contributed by atoms with van der Waals surface area (Å²) in [5.74, 6) is 2.67. The molecule has 0 radical (unpaired) electrons. The van der Waals surface area contributed by atoms with E-state index in [1.165, 1.54) is 19.3 Å². The van der Waals surface area contributed by atoms with Crippen molar-refractivity contribution in [2.24, 2.45) is 17.5 Å². The number of aliphatic imine (C=N–C) groups is 1. The zero-order valence-electron chi connectivity index (χ0n) is 19.8. The fourth-order valence-electron chi connectivity index (χ4n) is 5.03. The Morgan fingerprint density at radius 2 is 2.06 bits per heavy atom. The minimum Gasteiger partial charge on any atom is -0.379 e. The maximum absolute atomic E-state index is 6.02. The molecule has 10 heteroatoms. The summed E-state index contributed by atoms with van der Waals surface area (Å²) in [6, 6.07) is 0.435. The predicted octanol–water partition coefficient (Wildman–Crippen LogP) is 1.85. The van der Waals surface area contributed by atoms with Crippen LogP contribution >= 0.6 is 24.0 Å². The van der Waals surface area contributed by atoms with Gasteiger partial charge in [-0.15, -0.1) is 34.2 Å². The Hall–Kier alpha value is -0.980. The lowest BCUT2D eigenvalue weighted by Gasteiger charge is -2.61. The van der Waals surface area contributed by atoms with Crippen molar-refractivity contribution in [3.63, 3.8) is 0 Å². The SMILES string of the molecule is CCOC1CC(NC(=NCc2nnc(C)n2C)NCCCN2CCOCC2)C12CCC2.I. The van der Waals surface area contributed by atoms with Crippen molar-refractivity contribution in [1.82, 2.24) is 30.3 Å². The summed E-state index contributed by atoms with van der Waals surface area (Å²) in [6.45, 7) is 11.1. The first-order valence-corrected chi connectivity index (χ1v) is 11.9. The average Bonchev–Trinajstić information content (AvgIpc) is 3.05. The maximum atomic E-state index is 6.02. The van der Waals surface area contributed by atoms with E-state index in [4.69, 9.17) is 14.5 Å². The van der Waals surface area contributed by atoms with Crippen molar-refractivity contribution in [3.8, 4) is 0 Å². The van der Waals surface area contributed by atoms with E-state index < -0.39 is 0 Å². The van der Waals surface area contributed by atoms with Crippen LogP contribution in [0.3, 0.4) is 0 Å². The lowest BCUT2D eigenvalue weighted by molar-refractivity contribution is -0.168. The van der Waals surface area contributed by atoms with E-state index >= 15 is 0 Å². The van der Waals surface area contributed by atoms with Crippen molar-refractivity contribution < 1.29 is 9.47 Å². The van der Waals surface area contributed by atoms with Crippen LogP contribution in [-0.2, 0) is 23.1 Å². The summed E-state index contributed by atoms with van der Waals surface area (Å²) in [5.41, 5.74) is 0.299. The van der Waals surface area contributed by atoms with Gasteiger partial charge in [0.2, 0.25) is 0 Å². The Morgan fingerprint density at radius 3 is 2.69 bits per heavy atom. The highest BCUT2D eigenvalue weighted by Crippen LogP contribution is 2.57. The number of halogens is 1. The van der Waals surface area contributed by atoms with E-state index in [9.17, 15) is 0 Å². The number of rotatable bonds is 9. The minimum absolute atomic E-state index is 0. The summed E-state index contributed by atoms with van der Waals surface area (Å²) >= 11 is 0. The number of guanidine groups is 1. The second-order valence-corrected chi connectivity index (χ2v) is 9.08. The van der Waals surface area contributed by atoms with Crippen LogP contribution in [0, 0.1) is 12.3 Å². The van der Waals surface area contributed by atoms with Crippen LogP contribution in [0.25, 0.3) is 0 Å². The Kier molecular flexibility index (Phi) is 9.56. The van der Waals surface area contributed by atoms with Crippen molar-refractivity contribution >= 4 is 29.9 Å². The van der Waals surface area contributed by atoms with Gasteiger partial charge in [0.05, 0.1) is 19.3 Å². The van der Waals surface area contributed by atoms with E-state index in [0.29, 0.717) is 24.1 Å². The van der Waals surface area contributed by atoms with Gasteiger partial charge in [-0.05, 0) is 46.1 Å². The highest BCUT2D eigenvalue weighted by molar-refractivity contribution is 14.0. The van der Waals surface area contributed by atoms with Crippen molar-refractivity contribution in [2.45, 2.75) is 64.6 Å². The molecule has 32 heavy (non-hydrogen) atoms. The summed E-state index contributed by atoms with van der Waals surface area (Å²) in [6.07, 6.45) is 6.35. The normalized spacial score (nSPS) is 25.0. The molecular weight excluding hydrogens is 521 g/mol. The van der Waals surface area contributed by atoms with Crippen LogP contribution in [0.2, 0.25) is 0 Å². The summed E-state index contributed by atoms with van der Waals surface area (Å²) in [7, 11) is 1.99. The van der Waals surface area contributed by atoms with E-state index in [2.05, 4.69) is 32.7 Å². The smallest absolute Gasteiger partial charge is 0.191 e. The highest BCUT2D eigenvalue weighted by atomic mass is 127. The van der Waals surface area contributed by atoms with Gasteiger partial charge in [0, 0.05) is 44.7 Å². The van der Waals surface area contributed by atoms with E-state index in [1.54, 1.807) is 0 Å². The van der Waals surface area contributed by atoms with Crippen LogP contribution in [0.5, 0.6) is 0 Å². The predicted molar refractivity (Wildman–Crippen MR) is 135 cm³/mol. The second kappa shape index (κ2) is 11.9. The molecule has 1 aliphatic heterocycles. The van der Waals surface area contributed by atoms with Crippen LogP contribution in [0.1, 0.15) is 50.7 Å². The van der Waals surface area contributed by atoms with E-state index in [1.807, 2.05) is 18.5 Å².